The number of hydrogen-bond donors (Lipinski definition) is 1. The fourth-order valence-corrected chi connectivity index (χ4v) is 2.33. The Hall–Kier alpha value is -1.02. The van der Waals surface area contributed by atoms with E-state index in [0.29, 0.717) is 17.9 Å². The number of nitrogens with zero attached hydrogens (tertiary/aromatic N) is 1. The zero-order chi connectivity index (χ0) is 13.9. The Morgan fingerprint density at radius 1 is 1.11 bits per heavy atom. The van der Waals surface area contributed by atoms with Gasteiger partial charge in [0.05, 0.1) is 11.7 Å². The predicted octanol–water partition coefficient (Wildman–Crippen LogP) is 4.49. The molecule has 0 aliphatic carbocycles. The van der Waals surface area contributed by atoms with E-state index >= 15 is 0 Å². The maximum atomic E-state index is 3.52. The monoisotopic (exact) mass is 248 g/mol. The maximum absolute atomic E-state index is 3.52. The zero-order valence-corrected chi connectivity index (χ0v) is 12.9. The Labute approximate surface area is 112 Å². The summed E-state index contributed by atoms with van der Waals surface area (Å²) in [5.74, 6) is 1.21. The van der Waals surface area contributed by atoms with Crippen molar-refractivity contribution in [1.82, 2.24) is 5.43 Å². The lowest BCUT2D eigenvalue weighted by Gasteiger charge is -2.17. The fourth-order valence-electron chi connectivity index (χ4n) is 2.33. The molecule has 18 heavy (non-hydrogen) atoms. The summed E-state index contributed by atoms with van der Waals surface area (Å²) in [5.41, 5.74) is 7.70. The molecule has 0 bridgehead atoms. The van der Waals surface area contributed by atoms with E-state index in [9.17, 15) is 0 Å². The number of nitrogens with one attached hydrogen (secondary N) is 1. The fraction of sp³-hybridized carbons (Fsp3) is 0.625. The molecule has 1 aromatic carbocycles. The molecule has 0 fully saturated rings. The van der Waals surface area contributed by atoms with E-state index in [4.69, 9.17) is 0 Å². The van der Waals surface area contributed by atoms with Gasteiger partial charge in [-0.15, -0.1) is 0 Å². The molecule has 0 amide bonds. The van der Waals surface area contributed by atoms with Gasteiger partial charge in [-0.3, -0.25) is 0 Å². The average molecular weight is 248 g/mol. The van der Waals surface area contributed by atoms with Gasteiger partial charge in [0, 0.05) is 7.05 Å². The first-order chi connectivity index (χ1) is 8.50. The van der Waals surface area contributed by atoms with Crippen molar-refractivity contribution in [3.05, 3.63) is 29.3 Å². The minimum absolute atomic E-state index is 0.459. The smallest absolute Gasteiger partial charge is 0.0568 e. The van der Waals surface area contributed by atoms with E-state index in [1.165, 1.54) is 16.8 Å². The van der Waals surface area contributed by atoms with Crippen molar-refractivity contribution in [3.8, 4) is 0 Å². The largest absolute Gasteiger partial charge is 0.311 e. The van der Waals surface area contributed by atoms with Gasteiger partial charge in [-0.05, 0) is 29.0 Å². The third-order valence-electron chi connectivity index (χ3n) is 3.42. The molecule has 0 saturated heterocycles. The standard InChI is InChI=1S/C14H22N2.C2H6/c1-9(2)11-6-7-12-13(8-11)16(5)15-14(12)10(3)4;1-2/h6-10,14-15H,1-5H3;1-2H3. The number of hydrogen-bond acceptors (Lipinski definition) is 2. The molecule has 102 valence electrons. The van der Waals surface area contributed by atoms with Crippen LogP contribution >= 0.6 is 0 Å². The molecule has 0 radical (unpaired) electrons. The van der Waals surface area contributed by atoms with Crippen molar-refractivity contribution in [1.29, 1.82) is 0 Å². The molecule has 1 heterocycles. The second kappa shape index (κ2) is 6.24. The number of benzene rings is 1. The van der Waals surface area contributed by atoms with Crippen molar-refractivity contribution in [2.24, 2.45) is 5.92 Å². The van der Waals surface area contributed by atoms with Gasteiger partial charge in [-0.25, -0.2) is 5.43 Å². The van der Waals surface area contributed by atoms with Gasteiger partial charge in [-0.2, -0.15) is 0 Å². The Bertz CT molecular complexity index is 383. The lowest BCUT2D eigenvalue weighted by molar-refractivity contribution is 0.436. The van der Waals surface area contributed by atoms with Crippen molar-refractivity contribution < 1.29 is 0 Å². The topological polar surface area (TPSA) is 15.3 Å². The van der Waals surface area contributed by atoms with Crippen LogP contribution in [0.5, 0.6) is 0 Å². The molecule has 2 heteroatoms. The minimum Gasteiger partial charge on any atom is -0.311 e. The maximum Gasteiger partial charge on any atom is 0.0568 e. The molecule has 1 aliphatic rings. The van der Waals surface area contributed by atoms with Crippen LogP contribution in [0.4, 0.5) is 5.69 Å². The van der Waals surface area contributed by atoms with Crippen LogP contribution in [0.2, 0.25) is 0 Å². The third-order valence-corrected chi connectivity index (χ3v) is 3.42. The Morgan fingerprint density at radius 3 is 2.22 bits per heavy atom. The summed E-state index contributed by atoms with van der Waals surface area (Å²) < 4.78 is 0. The predicted molar refractivity (Wildman–Crippen MR) is 81.0 cm³/mol. The van der Waals surface area contributed by atoms with Crippen LogP contribution < -0.4 is 10.4 Å². The molecule has 0 spiro atoms. The van der Waals surface area contributed by atoms with Crippen molar-refractivity contribution in [3.63, 3.8) is 0 Å². The minimum atomic E-state index is 0.459. The molecular weight excluding hydrogens is 220 g/mol. The molecule has 0 saturated carbocycles. The normalized spacial score (nSPS) is 17.8. The Kier molecular flexibility index (Phi) is 5.21. The van der Waals surface area contributed by atoms with Gasteiger partial charge >= 0.3 is 0 Å². The highest BCUT2D eigenvalue weighted by Crippen LogP contribution is 2.37. The van der Waals surface area contributed by atoms with Crippen LogP contribution in [0.25, 0.3) is 0 Å². The van der Waals surface area contributed by atoms with Crippen LogP contribution in [0.3, 0.4) is 0 Å². The highest BCUT2D eigenvalue weighted by molar-refractivity contribution is 5.59. The first kappa shape index (κ1) is 15.0. The summed E-state index contributed by atoms with van der Waals surface area (Å²) >= 11 is 0. The lowest BCUT2D eigenvalue weighted by Crippen LogP contribution is -2.32. The van der Waals surface area contributed by atoms with Crippen LogP contribution in [0.15, 0.2) is 18.2 Å². The summed E-state index contributed by atoms with van der Waals surface area (Å²) in [7, 11) is 2.10. The van der Waals surface area contributed by atoms with Gasteiger partial charge in [0.2, 0.25) is 0 Å². The van der Waals surface area contributed by atoms with Gasteiger partial charge in [-0.1, -0.05) is 53.7 Å². The zero-order valence-electron chi connectivity index (χ0n) is 12.9. The molecule has 1 aromatic rings. The number of hydrazine groups is 1. The first-order valence-corrected chi connectivity index (χ1v) is 7.14. The molecular formula is C16H28N2. The Morgan fingerprint density at radius 2 is 1.72 bits per heavy atom. The van der Waals surface area contributed by atoms with Gasteiger partial charge in [0.1, 0.15) is 0 Å². The molecule has 1 atom stereocenters. The van der Waals surface area contributed by atoms with E-state index in [1.807, 2.05) is 13.8 Å². The van der Waals surface area contributed by atoms with E-state index in [2.05, 4.69) is 63.4 Å². The third kappa shape index (κ3) is 2.86. The second-order valence-corrected chi connectivity index (χ2v) is 5.38. The summed E-state index contributed by atoms with van der Waals surface area (Å²) in [6.45, 7) is 13.0. The second-order valence-electron chi connectivity index (χ2n) is 5.38. The van der Waals surface area contributed by atoms with Gasteiger partial charge in [0.15, 0.2) is 0 Å². The first-order valence-electron chi connectivity index (χ1n) is 7.14. The molecule has 2 rings (SSSR count). The molecule has 2 nitrogen and oxygen atoms in total. The van der Waals surface area contributed by atoms with Gasteiger partial charge in [0.25, 0.3) is 0 Å². The van der Waals surface area contributed by atoms with E-state index in [-0.39, 0.29) is 0 Å². The summed E-state index contributed by atoms with van der Waals surface area (Å²) in [5, 5.41) is 2.16. The van der Waals surface area contributed by atoms with Crippen molar-refractivity contribution >= 4 is 5.69 Å². The highest BCUT2D eigenvalue weighted by atomic mass is 15.5. The summed E-state index contributed by atoms with van der Waals surface area (Å²) in [6, 6.07) is 7.32. The number of rotatable bonds is 2. The highest BCUT2D eigenvalue weighted by Gasteiger charge is 2.28. The quantitative estimate of drug-likeness (QED) is 0.829. The molecule has 1 aliphatic heterocycles. The molecule has 1 unspecified atom stereocenters. The van der Waals surface area contributed by atoms with E-state index < -0.39 is 0 Å². The number of anilines is 1. The van der Waals surface area contributed by atoms with E-state index in [0.717, 1.165) is 0 Å². The van der Waals surface area contributed by atoms with E-state index in [1.54, 1.807) is 0 Å². The summed E-state index contributed by atoms with van der Waals surface area (Å²) in [4.78, 5) is 0. The molecule has 1 N–H and O–H groups in total. The van der Waals surface area contributed by atoms with Crippen LogP contribution in [-0.4, -0.2) is 7.05 Å². The van der Waals surface area contributed by atoms with Crippen molar-refractivity contribution in [2.45, 2.75) is 53.5 Å². The van der Waals surface area contributed by atoms with Crippen LogP contribution in [0, 0.1) is 5.92 Å². The SMILES string of the molecule is CC.CC(C)c1ccc2c(c1)N(C)NC2C(C)C. The molecule has 0 aromatic heterocycles. The summed E-state index contributed by atoms with van der Waals surface area (Å²) in [6.07, 6.45) is 0. The average Bonchev–Trinajstić information content (AvgIpc) is 2.69. The van der Waals surface area contributed by atoms with Crippen LogP contribution in [-0.2, 0) is 0 Å². The lowest BCUT2D eigenvalue weighted by atomic mass is 9.93. The van der Waals surface area contributed by atoms with Crippen molar-refractivity contribution in [2.75, 3.05) is 12.1 Å². The van der Waals surface area contributed by atoms with Crippen LogP contribution in [0.1, 0.15) is 64.6 Å². The Balaban J connectivity index is 0.000000771. The van der Waals surface area contributed by atoms with Gasteiger partial charge < -0.3 is 5.01 Å². The number of fused-ring (bicyclic) bond motifs is 1.